The normalized spacial score (nSPS) is 12.2. The second-order valence-electron chi connectivity index (χ2n) is 9.04. The van der Waals surface area contributed by atoms with Crippen molar-refractivity contribution in [1.82, 2.24) is 20.1 Å². The highest BCUT2D eigenvalue weighted by atomic mass is 35.5. The van der Waals surface area contributed by atoms with Crippen molar-refractivity contribution in [3.63, 3.8) is 0 Å². The smallest absolute Gasteiger partial charge is 0.251 e. The molecule has 0 unspecified atom stereocenters. The van der Waals surface area contributed by atoms with Crippen molar-refractivity contribution in [2.24, 2.45) is 4.99 Å². The van der Waals surface area contributed by atoms with Crippen molar-refractivity contribution < 1.29 is 19.0 Å². The molecule has 0 saturated carbocycles. The number of aryl methyl sites for hydroxylation is 1. The zero-order valence-electron chi connectivity index (χ0n) is 22.2. The van der Waals surface area contributed by atoms with Crippen LogP contribution in [0.5, 0.6) is 5.75 Å². The van der Waals surface area contributed by atoms with E-state index in [0.717, 1.165) is 34.2 Å². The number of carbonyl (C=O) groups excluding carboxylic acids is 1. The molecule has 40 heavy (non-hydrogen) atoms. The summed E-state index contributed by atoms with van der Waals surface area (Å²) in [5.74, 6) is 2.18. The van der Waals surface area contributed by atoms with Gasteiger partial charge in [-0.05, 0) is 49.4 Å². The summed E-state index contributed by atoms with van der Waals surface area (Å²) in [7, 11) is 0. The molecular formula is C30H30ClN5O4. The standard InChI is InChI=1S/C30H30ClN5O4/c1-21-34-35-28-20-33-29(22-7-9-24(31)10-8-22)26-19-25(11-12-27(26)36(21)28)40-18-17-39-16-15-38-14-13-32-30(37)23-5-3-2-4-6-23/h2-12,19H,13-18,20H2,1H3,(H,32,37). The molecule has 0 fully saturated rings. The molecule has 5 rings (SSSR count). The maximum Gasteiger partial charge on any atom is 0.251 e. The molecule has 0 saturated heterocycles. The van der Waals surface area contributed by atoms with Gasteiger partial charge < -0.3 is 19.5 Å². The van der Waals surface area contributed by atoms with E-state index in [2.05, 4.69) is 15.5 Å². The van der Waals surface area contributed by atoms with Crippen molar-refractivity contribution in [1.29, 1.82) is 0 Å². The Labute approximate surface area is 237 Å². The second-order valence-corrected chi connectivity index (χ2v) is 9.48. The Morgan fingerprint density at radius 2 is 1.68 bits per heavy atom. The molecule has 0 spiro atoms. The first-order chi connectivity index (χ1) is 19.6. The van der Waals surface area contributed by atoms with E-state index in [0.29, 0.717) is 62.5 Å². The van der Waals surface area contributed by atoms with Crippen LogP contribution in [-0.4, -0.2) is 66.0 Å². The minimum absolute atomic E-state index is 0.112. The van der Waals surface area contributed by atoms with Gasteiger partial charge >= 0.3 is 0 Å². The molecule has 1 amide bonds. The summed E-state index contributed by atoms with van der Waals surface area (Å²) in [6.07, 6.45) is 0. The third-order valence-electron chi connectivity index (χ3n) is 6.29. The maximum absolute atomic E-state index is 12.0. The number of hydrogen-bond acceptors (Lipinski definition) is 7. The molecule has 1 aromatic heterocycles. The van der Waals surface area contributed by atoms with E-state index in [1.165, 1.54) is 0 Å². The lowest BCUT2D eigenvalue weighted by molar-refractivity contribution is 0.0370. The summed E-state index contributed by atoms with van der Waals surface area (Å²) in [6.45, 7) is 4.86. The molecule has 4 aromatic rings. The zero-order valence-corrected chi connectivity index (χ0v) is 22.9. The summed E-state index contributed by atoms with van der Waals surface area (Å²) < 4.78 is 19.2. The van der Waals surface area contributed by atoms with E-state index >= 15 is 0 Å². The van der Waals surface area contributed by atoms with Crippen LogP contribution in [0.2, 0.25) is 5.02 Å². The van der Waals surface area contributed by atoms with Crippen molar-refractivity contribution in [3.8, 4) is 11.4 Å². The number of ether oxygens (including phenoxy) is 3. The van der Waals surface area contributed by atoms with Crippen molar-refractivity contribution in [2.45, 2.75) is 13.5 Å². The van der Waals surface area contributed by atoms with Crippen LogP contribution in [-0.2, 0) is 16.0 Å². The Kier molecular flexibility index (Phi) is 9.18. The molecule has 10 heteroatoms. The van der Waals surface area contributed by atoms with Crippen molar-refractivity contribution in [3.05, 3.63) is 106 Å². The van der Waals surface area contributed by atoms with E-state index in [9.17, 15) is 4.79 Å². The number of aliphatic imine (C=N–C) groups is 1. The number of benzene rings is 3. The van der Waals surface area contributed by atoms with Crippen LogP contribution in [0, 0.1) is 6.92 Å². The highest BCUT2D eigenvalue weighted by molar-refractivity contribution is 6.30. The first-order valence-corrected chi connectivity index (χ1v) is 13.5. The highest BCUT2D eigenvalue weighted by Gasteiger charge is 2.22. The lowest BCUT2D eigenvalue weighted by Crippen LogP contribution is -2.27. The predicted octanol–water partition coefficient (Wildman–Crippen LogP) is 4.42. The number of rotatable bonds is 12. The van der Waals surface area contributed by atoms with Crippen molar-refractivity contribution >= 4 is 23.2 Å². The minimum atomic E-state index is -0.112. The largest absolute Gasteiger partial charge is 0.491 e. The maximum atomic E-state index is 12.0. The number of carbonyl (C=O) groups is 1. The first-order valence-electron chi connectivity index (χ1n) is 13.1. The number of nitrogens with one attached hydrogen (secondary N) is 1. The number of fused-ring (bicyclic) bond motifs is 3. The van der Waals surface area contributed by atoms with E-state index in [1.54, 1.807) is 12.1 Å². The van der Waals surface area contributed by atoms with E-state index < -0.39 is 0 Å². The average Bonchev–Trinajstić information content (AvgIpc) is 3.26. The fraction of sp³-hybridized carbons (Fsp3) is 0.267. The fourth-order valence-electron chi connectivity index (χ4n) is 4.37. The van der Waals surface area contributed by atoms with Crippen LogP contribution in [0.4, 0.5) is 0 Å². The number of aromatic nitrogens is 3. The number of amides is 1. The van der Waals surface area contributed by atoms with Gasteiger partial charge in [0.25, 0.3) is 5.91 Å². The van der Waals surface area contributed by atoms with Gasteiger partial charge in [-0.15, -0.1) is 10.2 Å². The molecule has 9 nitrogen and oxygen atoms in total. The molecule has 0 bridgehead atoms. The lowest BCUT2D eigenvalue weighted by atomic mass is 10.00. The Bertz CT molecular complexity index is 1470. The molecule has 3 aromatic carbocycles. The third kappa shape index (κ3) is 6.74. The summed E-state index contributed by atoms with van der Waals surface area (Å²) >= 11 is 6.13. The molecular weight excluding hydrogens is 530 g/mol. The van der Waals surface area contributed by atoms with Crippen LogP contribution in [0.15, 0.2) is 77.8 Å². The Hall–Kier alpha value is -4.05. The molecule has 1 aliphatic rings. The SMILES string of the molecule is Cc1nnc2n1-c1ccc(OCCOCCOCCNC(=O)c3ccccc3)cc1C(c1ccc(Cl)cc1)=NC2. The predicted molar refractivity (Wildman–Crippen MR) is 153 cm³/mol. The van der Waals surface area contributed by atoms with Gasteiger partial charge in [-0.2, -0.15) is 0 Å². The number of hydrogen-bond donors (Lipinski definition) is 1. The average molecular weight is 560 g/mol. The van der Waals surface area contributed by atoms with Crippen LogP contribution >= 0.6 is 11.6 Å². The van der Waals surface area contributed by atoms with Gasteiger partial charge in [0.05, 0.1) is 37.8 Å². The molecule has 2 heterocycles. The van der Waals surface area contributed by atoms with Gasteiger partial charge in [-0.25, -0.2) is 0 Å². The third-order valence-corrected chi connectivity index (χ3v) is 6.54. The van der Waals surface area contributed by atoms with Crippen LogP contribution in [0.3, 0.4) is 0 Å². The second kappa shape index (κ2) is 13.3. The van der Waals surface area contributed by atoms with Gasteiger partial charge in [0, 0.05) is 28.3 Å². The monoisotopic (exact) mass is 559 g/mol. The van der Waals surface area contributed by atoms with Gasteiger partial charge in [0.15, 0.2) is 5.82 Å². The van der Waals surface area contributed by atoms with Gasteiger partial charge in [0.1, 0.15) is 24.7 Å². The van der Waals surface area contributed by atoms with Crippen LogP contribution < -0.4 is 10.1 Å². The Balaban J connectivity index is 1.10. The van der Waals surface area contributed by atoms with Gasteiger partial charge in [0.2, 0.25) is 0 Å². The molecule has 0 aliphatic carbocycles. The highest BCUT2D eigenvalue weighted by Crippen LogP contribution is 2.29. The first kappa shape index (κ1) is 27.5. The van der Waals surface area contributed by atoms with Gasteiger partial charge in [-0.3, -0.25) is 14.4 Å². The van der Waals surface area contributed by atoms with Gasteiger partial charge in [-0.1, -0.05) is 41.9 Å². The Morgan fingerprint density at radius 3 is 2.48 bits per heavy atom. The lowest BCUT2D eigenvalue weighted by Gasteiger charge is -2.15. The molecule has 0 atom stereocenters. The summed E-state index contributed by atoms with van der Waals surface area (Å²) in [4.78, 5) is 16.9. The number of halogens is 1. The quantitative estimate of drug-likeness (QED) is 0.258. The summed E-state index contributed by atoms with van der Waals surface area (Å²) in [5, 5.41) is 12.1. The molecule has 1 aliphatic heterocycles. The van der Waals surface area contributed by atoms with Crippen LogP contribution in [0.25, 0.3) is 5.69 Å². The molecule has 0 radical (unpaired) electrons. The van der Waals surface area contributed by atoms with E-state index in [1.807, 2.05) is 72.2 Å². The minimum Gasteiger partial charge on any atom is -0.491 e. The zero-order chi connectivity index (χ0) is 27.7. The van der Waals surface area contributed by atoms with Crippen LogP contribution in [0.1, 0.15) is 33.1 Å². The van der Waals surface area contributed by atoms with E-state index in [-0.39, 0.29) is 5.91 Å². The summed E-state index contributed by atoms with van der Waals surface area (Å²) in [5.41, 5.74) is 4.31. The number of nitrogens with zero attached hydrogens (tertiary/aromatic N) is 4. The summed E-state index contributed by atoms with van der Waals surface area (Å²) in [6, 6.07) is 22.7. The molecule has 1 N–H and O–H groups in total. The topological polar surface area (TPSA) is 99.9 Å². The van der Waals surface area contributed by atoms with E-state index in [4.69, 9.17) is 30.8 Å². The van der Waals surface area contributed by atoms with Crippen molar-refractivity contribution in [2.75, 3.05) is 39.6 Å². The Morgan fingerprint density at radius 1 is 0.925 bits per heavy atom. The fourth-order valence-corrected chi connectivity index (χ4v) is 4.50. The molecule has 206 valence electrons.